The van der Waals surface area contributed by atoms with Gasteiger partial charge in [-0.1, -0.05) is 23.7 Å². The quantitative estimate of drug-likeness (QED) is 0.402. The van der Waals surface area contributed by atoms with Crippen LogP contribution in [-0.4, -0.2) is 28.7 Å². The molecule has 162 valence electrons. The summed E-state index contributed by atoms with van der Waals surface area (Å²) in [6.07, 6.45) is 1.75. The fraction of sp³-hybridized carbons (Fsp3) is 0.227. The van der Waals surface area contributed by atoms with E-state index in [9.17, 15) is 14.4 Å². The highest BCUT2D eigenvalue weighted by Crippen LogP contribution is 2.24. The van der Waals surface area contributed by atoms with Crippen LogP contribution in [-0.2, 0) is 27.4 Å². The van der Waals surface area contributed by atoms with Gasteiger partial charge < -0.3 is 14.2 Å². The summed E-state index contributed by atoms with van der Waals surface area (Å²) in [6, 6.07) is 14.3. The van der Waals surface area contributed by atoms with E-state index in [0.29, 0.717) is 28.5 Å². The lowest BCUT2D eigenvalue weighted by Crippen LogP contribution is -2.32. The normalized spacial score (nSPS) is 10.6. The largest absolute Gasteiger partial charge is 0.463 e. The summed E-state index contributed by atoms with van der Waals surface area (Å²) in [6.45, 7) is 1.43. The first-order valence-electron chi connectivity index (χ1n) is 9.47. The minimum atomic E-state index is -0.582. The number of ether oxygens (including phenoxy) is 3. The zero-order valence-corrected chi connectivity index (χ0v) is 17.6. The second-order valence-corrected chi connectivity index (χ2v) is 7.08. The first-order valence-corrected chi connectivity index (χ1v) is 9.84. The summed E-state index contributed by atoms with van der Waals surface area (Å²) in [5.41, 5.74) is 0.177. The van der Waals surface area contributed by atoms with Gasteiger partial charge in [0.05, 0.1) is 6.61 Å². The maximum atomic E-state index is 12.2. The maximum absolute atomic E-state index is 12.2. The van der Waals surface area contributed by atoms with Gasteiger partial charge in [0.15, 0.2) is 0 Å². The molecule has 0 amide bonds. The Kier molecular flexibility index (Phi) is 7.64. The van der Waals surface area contributed by atoms with Gasteiger partial charge in [0.1, 0.15) is 24.8 Å². The van der Waals surface area contributed by atoms with Gasteiger partial charge in [-0.15, -0.1) is 0 Å². The lowest BCUT2D eigenvalue weighted by Gasteiger charge is -2.10. The Morgan fingerprint density at radius 2 is 1.84 bits per heavy atom. The molecule has 0 aliphatic heterocycles. The molecule has 3 aromatic rings. The number of H-pyrrole nitrogens is 1. The fourth-order valence-corrected chi connectivity index (χ4v) is 2.89. The van der Waals surface area contributed by atoms with Crippen LogP contribution in [0.15, 0.2) is 64.3 Å². The fourth-order valence-electron chi connectivity index (χ4n) is 2.76. The minimum absolute atomic E-state index is 0.0798. The van der Waals surface area contributed by atoms with Crippen LogP contribution in [0.1, 0.15) is 18.1 Å². The average molecular weight is 445 g/mol. The summed E-state index contributed by atoms with van der Waals surface area (Å²) < 4.78 is 17.2. The number of nitrogens with one attached hydrogen (secondary N) is 1. The third kappa shape index (κ3) is 6.84. The van der Waals surface area contributed by atoms with Gasteiger partial charge in [-0.25, -0.2) is 4.79 Å². The molecule has 0 aliphatic carbocycles. The van der Waals surface area contributed by atoms with E-state index in [0.717, 1.165) is 5.56 Å². The monoisotopic (exact) mass is 444 g/mol. The van der Waals surface area contributed by atoms with Crippen LogP contribution in [0, 0.1) is 0 Å². The van der Waals surface area contributed by atoms with E-state index in [4.69, 9.17) is 25.8 Å². The molecule has 2 aromatic carbocycles. The van der Waals surface area contributed by atoms with Crippen LogP contribution in [0.2, 0.25) is 5.02 Å². The molecular formula is C22H21ClN2O6. The van der Waals surface area contributed by atoms with Gasteiger partial charge in [0, 0.05) is 30.1 Å². The number of esters is 1. The van der Waals surface area contributed by atoms with E-state index in [-0.39, 0.29) is 19.9 Å². The van der Waals surface area contributed by atoms with Crippen molar-refractivity contribution in [2.45, 2.75) is 20.1 Å². The van der Waals surface area contributed by atoms with Crippen molar-refractivity contribution in [3.8, 4) is 11.5 Å². The molecule has 0 saturated carbocycles. The molecule has 0 radical (unpaired) electrons. The summed E-state index contributed by atoms with van der Waals surface area (Å²) in [5, 5.41) is 0.616. The third-order valence-electron chi connectivity index (χ3n) is 4.19. The molecule has 1 aromatic heterocycles. The van der Waals surface area contributed by atoms with Crippen molar-refractivity contribution in [3.05, 3.63) is 91.7 Å². The number of carbonyl (C=O) groups excluding carboxylic acids is 1. The standard InChI is InChI=1S/C22H21ClN2O6/c1-15(26)30-10-9-29-14-25-13-17(21(27)24-22(25)28)11-16-3-2-4-20(12-16)31-19-7-5-18(23)6-8-19/h2-8,12-13H,9-11,14H2,1H3,(H,24,27,28). The Morgan fingerprint density at radius 3 is 2.58 bits per heavy atom. The summed E-state index contributed by atoms with van der Waals surface area (Å²) in [5.74, 6) is 0.839. The summed E-state index contributed by atoms with van der Waals surface area (Å²) in [7, 11) is 0. The summed E-state index contributed by atoms with van der Waals surface area (Å²) >= 11 is 5.89. The van der Waals surface area contributed by atoms with Crippen LogP contribution >= 0.6 is 11.6 Å². The zero-order valence-electron chi connectivity index (χ0n) is 16.8. The van der Waals surface area contributed by atoms with Gasteiger partial charge in [-0.05, 0) is 42.0 Å². The second-order valence-electron chi connectivity index (χ2n) is 6.64. The average Bonchev–Trinajstić information content (AvgIpc) is 2.72. The Labute approximate surface area is 183 Å². The van der Waals surface area contributed by atoms with Gasteiger partial charge in [0.25, 0.3) is 5.56 Å². The molecule has 0 atom stereocenters. The first kappa shape index (κ1) is 22.3. The van der Waals surface area contributed by atoms with Crippen LogP contribution in [0.5, 0.6) is 11.5 Å². The SMILES string of the molecule is CC(=O)OCCOCn1cc(Cc2cccc(Oc3ccc(Cl)cc3)c2)c(=O)[nH]c1=O. The first-order chi connectivity index (χ1) is 14.9. The molecule has 1 N–H and O–H groups in total. The van der Waals surface area contributed by atoms with Crippen molar-refractivity contribution in [1.29, 1.82) is 0 Å². The predicted octanol–water partition coefficient (Wildman–Crippen LogP) is 3.11. The van der Waals surface area contributed by atoms with Gasteiger partial charge in [-0.2, -0.15) is 0 Å². The zero-order chi connectivity index (χ0) is 22.2. The van der Waals surface area contributed by atoms with Crippen molar-refractivity contribution in [2.24, 2.45) is 0 Å². The number of aromatic nitrogens is 2. The Hall–Kier alpha value is -3.36. The molecule has 31 heavy (non-hydrogen) atoms. The van der Waals surface area contributed by atoms with Gasteiger partial charge in [0.2, 0.25) is 0 Å². The van der Waals surface area contributed by atoms with Crippen LogP contribution in [0.3, 0.4) is 0 Å². The highest BCUT2D eigenvalue weighted by Gasteiger charge is 2.08. The molecule has 8 nitrogen and oxygen atoms in total. The number of nitrogens with zero attached hydrogens (tertiary/aromatic N) is 1. The number of hydrogen-bond donors (Lipinski definition) is 1. The lowest BCUT2D eigenvalue weighted by molar-refractivity contribution is -0.142. The smallest absolute Gasteiger partial charge is 0.330 e. The summed E-state index contributed by atoms with van der Waals surface area (Å²) in [4.78, 5) is 37.3. The van der Waals surface area contributed by atoms with Crippen molar-refractivity contribution < 1.29 is 19.0 Å². The molecule has 0 bridgehead atoms. The van der Waals surface area contributed by atoms with Crippen molar-refractivity contribution in [1.82, 2.24) is 9.55 Å². The molecule has 9 heteroatoms. The number of aromatic amines is 1. The molecule has 3 rings (SSSR count). The Bertz CT molecular complexity index is 1150. The van der Waals surface area contributed by atoms with Gasteiger partial charge in [-0.3, -0.25) is 19.1 Å². The van der Waals surface area contributed by atoms with E-state index in [1.54, 1.807) is 30.3 Å². The van der Waals surface area contributed by atoms with E-state index in [1.807, 2.05) is 18.2 Å². The molecule has 0 saturated heterocycles. The van der Waals surface area contributed by atoms with Gasteiger partial charge >= 0.3 is 11.7 Å². The lowest BCUT2D eigenvalue weighted by atomic mass is 10.1. The number of hydrogen-bond acceptors (Lipinski definition) is 6. The molecule has 0 spiro atoms. The maximum Gasteiger partial charge on any atom is 0.330 e. The molecule has 1 heterocycles. The molecule has 0 unspecified atom stereocenters. The molecule has 0 fully saturated rings. The Morgan fingerprint density at radius 1 is 1.06 bits per heavy atom. The third-order valence-corrected chi connectivity index (χ3v) is 4.44. The van der Waals surface area contributed by atoms with Crippen LogP contribution in [0.4, 0.5) is 0 Å². The highest BCUT2D eigenvalue weighted by molar-refractivity contribution is 6.30. The van der Waals surface area contributed by atoms with Crippen molar-refractivity contribution in [2.75, 3.05) is 13.2 Å². The number of halogens is 1. The highest BCUT2D eigenvalue weighted by atomic mass is 35.5. The number of rotatable bonds is 9. The van der Waals surface area contributed by atoms with E-state index in [2.05, 4.69) is 4.98 Å². The van der Waals surface area contributed by atoms with Crippen LogP contribution in [0.25, 0.3) is 0 Å². The molecular weight excluding hydrogens is 424 g/mol. The second kappa shape index (κ2) is 10.6. The van der Waals surface area contributed by atoms with Crippen molar-refractivity contribution in [3.63, 3.8) is 0 Å². The van der Waals surface area contributed by atoms with E-state index < -0.39 is 17.2 Å². The minimum Gasteiger partial charge on any atom is -0.463 e. The predicted molar refractivity (Wildman–Crippen MR) is 115 cm³/mol. The molecule has 0 aliphatic rings. The Balaban J connectivity index is 1.68. The number of benzene rings is 2. The topological polar surface area (TPSA) is 99.6 Å². The van der Waals surface area contributed by atoms with E-state index in [1.165, 1.54) is 17.7 Å². The van der Waals surface area contributed by atoms with Crippen molar-refractivity contribution >= 4 is 17.6 Å². The van der Waals surface area contributed by atoms with Crippen LogP contribution < -0.4 is 16.0 Å². The van der Waals surface area contributed by atoms with E-state index >= 15 is 0 Å². The number of carbonyl (C=O) groups is 1.